The normalized spacial score (nSPS) is 14.4. The molecule has 192 valence electrons. The molecule has 0 spiro atoms. The van der Waals surface area contributed by atoms with Crippen LogP contribution in [-0.2, 0) is 11.4 Å². The van der Waals surface area contributed by atoms with Crippen molar-refractivity contribution >= 4 is 62.4 Å². The molecule has 1 aliphatic rings. The van der Waals surface area contributed by atoms with Crippen LogP contribution in [0.3, 0.4) is 0 Å². The Kier molecular flexibility index (Phi) is 7.67. The third kappa shape index (κ3) is 5.54. The van der Waals surface area contributed by atoms with E-state index < -0.39 is 0 Å². The van der Waals surface area contributed by atoms with Gasteiger partial charge in [-0.1, -0.05) is 66.4 Å². The lowest BCUT2D eigenvalue weighted by molar-refractivity contribution is -0.113. The maximum Gasteiger partial charge on any atom is 0.270 e. The van der Waals surface area contributed by atoms with Crippen molar-refractivity contribution in [1.82, 2.24) is 0 Å². The standard InChI is InChI=1S/C31H28N2O3S2/c1-4-35-28-18-21(10-16-27(28)36-20-22-9-11-23-7-5-6-8-24(23)17-22)19-29-30(34)33(31(37)38-29)26-14-12-25(13-15-26)32(2)3/h5-19H,4,20H2,1-3H3/b29-19+. The molecule has 1 heterocycles. The van der Waals surface area contributed by atoms with Crippen molar-refractivity contribution in [2.24, 2.45) is 0 Å². The van der Waals surface area contributed by atoms with E-state index in [1.165, 1.54) is 22.5 Å². The van der Waals surface area contributed by atoms with Gasteiger partial charge < -0.3 is 14.4 Å². The Balaban J connectivity index is 1.34. The summed E-state index contributed by atoms with van der Waals surface area (Å²) in [5.74, 6) is 1.16. The molecular weight excluding hydrogens is 512 g/mol. The maximum atomic E-state index is 13.3. The highest BCUT2D eigenvalue weighted by Gasteiger charge is 2.33. The van der Waals surface area contributed by atoms with Crippen molar-refractivity contribution in [3.8, 4) is 11.5 Å². The van der Waals surface area contributed by atoms with E-state index in [4.69, 9.17) is 21.7 Å². The second-order valence-corrected chi connectivity index (χ2v) is 10.7. The summed E-state index contributed by atoms with van der Waals surface area (Å²) < 4.78 is 12.5. The van der Waals surface area contributed by atoms with Crippen molar-refractivity contribution in [3.63, 3.8) is 0 Å². The fraction of sp³-hybridized carbons (Fsp3) is 0.161. The Hall–Kier alpha value is -3.81. The van der Waals surface area contributed by atoms with Gasteiger partial charge >= 0.3 is 0 Å². The van der Waals surface area contributed by atoms with Crippen molar-refractivity contribution < 1.29 is 14.3 Å². The SMILES string of the molecule is CCOc1cc(/C=C2/SC(=S)N(c3ccc(N(C)C)cc3)C2=O)ccc1OCc1ccc2ccccc2c1. The number of benzene rings is 4. The lowest BCUT2D eigenvalue weighted by atomic mass is 10.1. The van der Waals surface area contributed by atoms with Crippen LogP contribution in [0.4, 0.5) is 11.4 Å². The zero-order valence-electron chi connectivity index (χ0n) is 21.5. The van der Waals surface area contributed by atoms with Crippen molar-refractivity contribution in [2.45, 2.75) is 13.5 Å². The van der Waals surface area contributed by atoms with E-state index in [2.05, 4.69) is 30.3 Å². The van der Waals surface area contributed by atoms with Gasteiger partial charge in [0.15, 0.2) is 15.8 Å². The van der Waals surface area contributed by atoms with Gasteiger partial charge in [-0.05, 0) is 77.4 Å². The summed E-state index contributed by atoms with van der Waals surface area (Å²) in [7, 11) is 3.96. The van der Waals surface area contributed by atoms with E-state index in [1.807, 2.05) is 86.6 Å². The minimum atomic E-state index is -0.132. The fourth-order valence-corrected chi connectivity index (χ4v) is 5.53. The molecule has 1 saturated heterocycles. The highest BCUT2D eigenvalue weighted by molar-refractivity contribution is 8.27. The average Bonchev–Trinajstić information content (AvgIpc) is 3.20. The van der Waals surface area contributed by atoms with Gasteiger partial charge in [-0.25, -0.2) is 0 Å². The molecule has 0 radical (unpaired) electrons. The lowest BCUT2D eigenvalue weighted by Crippen LogP contribution is -2.27. The Bertz CT molecular complexity index is 1530. The maximum absolute atomic E-state index is 13.3. The number of anilines is 2. The number of rotatable bonds is 8. The van der Waals surface area contributed by atoms with Gasteiger partial charge in [0, 0.05) is 19.8 Å². The molecule has 38 heavy (non-hydrogen) atoms. The van der Waals surface area contributed by atoms with Crippen LogP contribution in [0.1, 0.15) is 18.1 Å². The second kappa shape index (κ2) is 11.3. The van der Waals surface area contributed by atoms with E-state index in [9.17, 15) is 4.79 Å². The van der Waals surface area contributed by atoms with E-state index in [0.717, 1.165) is 22.5 Å². The number of carbonyl (C=O) groups is 1. The molecule has 0 aromatic heterocycles. The number of hydrogen-bond donors (Lipinski definition) is 0. The van der Waals surface area contributed by atoms with Crippen LogP contribution in [0.2, 0.25) is 0 Å². The van der Waals surface area contributed by atoms with Crippen molar-refractivity contribution in [1.29, 1.82) is 0 Å². The zero-order valence-corrected chi connectivity index (χ0v) is 23.1. The van der Waals surface area contributed by atoms with Gasteiger partial charge in [-0.2, -0.15) is 0 Å². The summed E-state index contributed by atoms with van der Waals surface area (Å²) >= 11 is 6.85. The van der Waals surface area contributed by atoms with Crippen molar-refractivity contribution in [2.75, 3.05) is 30.5 Å². The van der Waals surface area contributed by atoms with E-state index >= 15 is 0 Å². The summed E-state index contributed by atoms with van der Waals surface area (Å²) in [6.45, 7) is 2.86. The van der Waals surface area contributed by atoms with Crippen LogP contribution in [0.15, 0.2) is 89.8 Å². The molecule has 1 amide bonds. The van der Waals surface area contributed by atoms with Gasteiger partial charge in [0.1, 0.15) is 6.61 Å². The fourth-order valence-electron chi connectivity index (χ4n) is 4.23. The van der Waals surface area contributed by atoms with Crippen LogP contribution in [0, 0.1) is 0 Å². The molecule has 0 unspecified atom stereocenters. The van der Waals surface area contributed by atoms with E-state index in [0.29, 0.717) is 33.9 Å². The molecular formula is C31H28N2O3S2. The molecule has 5 rings (SSSR count). The minimum Gasteiger partial charge on any atom is -0.490 e. The number of nitrogens with zero attached hydrogens (tertiary/aromatic N) is 2. The quantitative estimate of drug-likeness (QED) is 0.173. The van der Waals surface area contributed by atoms with Crippen LogP contribution in [0.25, 0.3) is 16.8 Å². The first kappa shape index (κ1) is 25.8. The molecule has 7 heteroatoms. The molecule has 0 atom stereocenters. The monoisotopic (exact) mass is 540 g/mol. The molecule has 4 aromatic carbocycles. The summed E-state index contributed by atoms with van der Waals surface area (Å²) in [5, 5.41) is 2.38. The van der Waals surface area contributed by atoms with Crippen LogP contribution in [-0.4, -0.2) is 30.9 Å². The third-order valence-electron chi connectivity index (χ3n) is 6.19. The molecule has 0 bridgehead atoms. The number of thiocarbonyl (C=S) groups is 1. The van der Waals surface area contributed by atoms with Crippen LogP contribution >= 0.6 is 24.0 Å². The van der Waals surface area contributed by atoms with E-state index in [1.54, 1.807) is 4.90 Å². The first-order valence-corrected chi connectivity index (χ1v) is 13.6. The van der Waals surface area contributed by atoms with Gasteiger partial charge in [0.05, 0.1) is 17.2 Å². The Labute approximate surface area is 232 Å². The van der Waals surface area contributed by atoms with Crippen molar-refractivity contribution in [3.05, 3.63) is 101 Å². The third-order valence-corrected chi connectivity index (χ3v) is 7.49. The highest BCUT2D eigenvalue weighted by atomic mass is 32.2. The predicted octanol–water partition coefficient (Wildman–Crippen LogP) is 7.29. The number of amides is 1. The number of ether oxygens (including phenoxy) is 2. The summed E-state index contributed by atoms with van der Waals surface area (Å²) in [6, 6.07) is 28.1. The molecule has 0 aliphatic carbocycles. The summed E-state index contributed by atoms with van der Waals surface area (Å²) in [5.41, 5.74) is 3.74. The number of fused-ring (bicyclic) bond motifs is 1. The smallest absolute Gasteiger partial charge is 0.270 e. The van der Waals surface area contributed by atoms with Crippen LogP contribution < -0.4 is 19.3 Å². The Morgan fingerprint density at radius 3 is 2.39 bits per heavy atom. The van der Waals surface area contributed by atoms with Crippen LogP contribution in [0.5, 0.6) is 11.5 Å². The summed E-state index contributed by atoms with van der Waals surface area (Å²) in [4.78, 5) is 17.4. The summed E-state index contributed by atoms with van der Waals surface area (Å²) in [6.07, 6.45) is 1.85. The molecule has 4 aromatic rings. The lowest BCUT2D eigenvalue weighted by Gasteiger charge is -2.17. The van der Waals surface area contributed by atoms with Gasteiger partial charge in [0.25, 0.3) is 5.91 Å². The number of hydrogen-bond acceptors (Lipinski definition) is 6. The zero-order chi connectivity index (χ0) is 26.6. The first-order chi connectivity index (χ1) is 18.4. The first-order valence-electron chi connectivity index (χ1n) is 12.4. The average molecular weight is 541 g/mol. The molecule has 0 N–H and O–H groups in total. The number of carbonyl (C=O) groups excluding carboxylic acids is 1. The van der Waals surface area contributed by atoms with Gasteiger partial charge in [0.2, 0.25) is 0 Å². The second-order valence-electron chi connectivity index (χ2n) is 9.04. The largest absolute Gasteiger partial charge is 0.490 e. The topological polar surface area (TPSA) is 42.0 Å². The highest BCUT2D eigenvalue weighted by Crippen LogP contribution is 2.38. The Morgan fingerprint density at radius 1 is 0.895 bits per heavy atom. The minimum absolute atomic E-state index is 0.132. The number of thioether (sulfide) groups is 1. The molecule has 1 fully saturated rings. The Morgan fingerprint density at radius 2 is 1.66 bits per heavy atom. The van der Waals surface area contributed by atoms with E-state index in [-0.39, 0.29) is 5.91 Å². The van der Waals surface area contributed by atoms with Gasteiger partial charge in [-0.3, -0.25) is 9.69 Å². The molecule has 1 aliphatic heterocycles. The van der Waals surface area contributed by atoms with Gasteiger partial charge in [-0.15, -0.1) is 0 Å². The molecule has 5 nitrogen and oxygen atoms in total. The predicted molar refractivity (Wildman–Crippen MR) is 162 cm³/mol. The molecule has 0 saturated carbocycles.